The summed E-state index contributed by atoms with van der Waals surface area (Å²) in [6.45, 7) is 7.92. The maximum atomic E-state index is 4.59. The number of nitrogens with one attached hydrogen (secondary N) is 1. The summed E-state index contributed by atoms with van der Waals surface area (Å²) >= 11 is 3.74. The van der Waals surface area contributed by atoms with Gasteiger partial charge in [0, 0.05) is 6.54 Å². The Morgan fingerprint density at radius 2 is 2.05 bits per heavy atom. The molecule has 0 amide bonds. The molecule has 4 heteroatoms. The molecule has 0 radical (unpaired) electrons. The largest absolute Gasteiger partial charge is 0.311 e. The minimum absolute atomic E-state index is 0.386. The van der Waals surface area contributed by atoms with Crippen molar-refractivity contribution in [1.82, 2.24) is 15.1 Å². The second kappa shape index (κ2) is 7.28. The molecule has 1 unspecified atom stereocenters. The lowest BCUT2D eigenvalue weighted by Gasteiger charge is -2.39. The third-order valence-corrected chi connectivity index (χ3v) is 5.47. The van der Waals surface area contributed by atoms with Crippen LogP contribution in [0.3, 0.4) is 0 Å². The molecule has 1 aliphatic rings. The number of aromatic nitrogens is 2. The lowest BCUT2D eigenvalue weighted by molar-refractivity contribution is 0.154. The molecule has 1 N–H and O–H groups in total. The maximum absolute atomic E-state index is 4.59. The van der Waals surface area contributed by atoms with E-state index in [0.29, 0.717) is 11.5 Å². The van der Waals surface area contributed by atoms with Gasteiger partial charge in [-0.3, -0.25) is 4.68 Å². The quantitative estimate of drug-likeness (QED) is 0.751. The zero-order valence-electron chi connectivity index (χ0n) is 14.0. The second-order valence-electron chi connectivity index (χ2n) is 6.99. The molecule has 1 atom stereocenters. The van der Waals surface area contributed by atoms with E-state index in [-0.39, 0.29) is 0 Å². The smallest absolute Gasteiger partial charge is 0.0701 e. The van der Waals surface area contributed by atoms with Crippen LogP contribution in [0.15, 0.2) is 10.7 Å². The Morgan fingerprint density at radius 1 is 1.38 bits per heavy atom. The highest BCUT2D eigenvalue weighted by atomic mass is 79.9. The Hall–Kier alpha value is -0.350. The molecule has 2 rings (SSSR count). The highest BCUT2D eigenvalue weighted by molar-refractivity contribution is 9.10. The van der Waals surface area contributed by atoms with Crippen molar-refractivity contribution in [3.05, 3.63) is 16.4 Å². The van der Waals surface area contributed by atoms with E-state index in [1.807, 2.05) is 6.20 Å². The summed E-state index contributed by atoms with van der Waals surface area (Å²) < 4.78 is 3.36. The summed E-state index contributed by atoms with van der Waals surface area (Å²) in [5, 5.41) is 8.23. The molecule has 0 aliphatic heterocycles. The molecular formula is C17H30BrN3. The van der Waals surface area contributed by atoms with Crippen LogP contribution < -0.4 is 5.32 Å². The third-order valence-electron chi connectivity index (χ3n) is 4.86. The lowest BCUT2D eigenvalue weighted by Crippen LogP contribution is -2.37. The molecule has 0 aromatic carbocycles. The van der Waals surface area contributed by atoms with Crippen molar-refractivity contribution in [3.63, 3.8) is 0 Å². The van der Waals surface area contributed by atoms with Crippen molar-refractivity contribution < 1.29 is 0 Å². The molecule has 1 aliphatic carbocycles. The predicted octanol–water partition coefficient (Wildman–Crippen LogP) is 4.92. The van der Waals surface area contributed by atoms with Crippen LogP contribution in [0.2, 0.25) is 0 Å². The second-order valence-corrected chi connectivity index (χ2v) is 7.84. The minimum Gasteiger partial charge on any atom is -0.311 e. The molecule has 1 aromatic heterocycles. The van der Waals surface area contributed by atoms with Crippen molar-refractivity contribution in [1.29, 1.82) is 0 Å². The van der Waals surface area contributed by atoms with Crippen LogP contribution in [0.5, 0.6) is 0 Å². The third kappa shape index (κ3) is 3.53. The maximum Gasteiger partial charge on any atom is 0.0701 e. The molecular weight excluding hydrogens is 326 g/mol. The standard InChI is InChI=1S/C17H30BrN3/c1-5-10-21-15(14(18)12-20-21)16(19-4)17(11-13(2)3)8-6-7-9-17/h12-13,16,19H,5-11H2,1-4H3. The van der Waals surface area contributed by atoms with Crippen LogP contribution >= 0.6 is 15.9 Å². The fraction of sp³-hybridized carbons (Fsp3) is 0.824. The number of hydrogen-bond donors (Lipinski definition) is 1. The SMILES string of the molecule is CCCn1ncc(Br)c1C(NC)C1(CC(C)C)CCCC1. The zero-order valence-corrected chi connectivity index (χ0v) is 15.5. The first-order valence-electron chi connectivity index (χ1n) is 8.42. The van der Waals surface area contributed by atoms with Crippen molar-refractivity contribution in [2.75, 3.05) is 7.05 Å². The topological polar surface area (TPSA) is 29.9 Å². The normalized spacial score (nSPS) is 19.3. The van der Waals surface area contributed by atoms with Gasteiger partial charge in [-0.2, -0.15) is 5.10 Å². The Kier molecular flexibility index (Phi) is 5.89. The van der Waals surface area contributed by atoms with Gasteiger partial charge in [0.15, 0.2) is 0 Å². The van der Waals surface area contributed by atoms with Gasteiger partial charge in [-0.1, -0.05) is 33.6 Å². The summed E-state index contributed by atoms with van der Waals surface area (Å²) in [4.78, 5) is 0. The highest BCUT2D eigenvalue weighted by Gasteiger charge is 2.43. The summed E-state index contributed by atoms with van der Waals surface area (Å²) in [6, 6.07) is 0.394. The van der Waals surface area contributed by atoms with Crippen LogP contribution in [0.4, 0.5) is 0 Å². The van der Waals surface area contributed by atoms with Gasteiger partial charge in [0.2, 0.25) is 0 Å². The van der Waals surface area contributed by atoms with Crippen LogP contribution in [-0.4, -0.2) is 16.8 Å². The Balaban J connectivity index is 2.39. The number of aryl methyl sites for hydroxylation is 1. The van der Waals surface area contributed by atoms with E-state index in [1.165, 1.54) is 37.8 Å². The van der Waals surface area contributed by atoms with Gasteiger partial charge in [-0.25, -0.2) is 0 Å². The first kappa shape index (κ1) is 17.0. The van der Waals surface area contributed by atoms with E-state index >= 15 is 0 Å². The molecule has 0 bridgehead atoms. The molecule has 120 valence electrons. The summed E-state index contributed by atoms with van der Waals surface area (Å²) in [5.41, 5.74) is 1.73. The minimum atomic E-state index is 0.386. The number of rotatable bonds is 7. The predicted molar refractivity (Wildman–Crippen MR) is 92.4 cm³/mol. The van der Waals surface area contributed by atoms with Gasteiger partial charge >= 0.3 is 0 Å². The average Bonchev–Trinajstić information content (AvgIpc) is 3.01. The molecule has 21 heavy (non-hydrogen) atoms. The van der Waals surface area contributed by atoms with Crippen molar-refractivity contribution in [2.24, 2.45) is 11.3 Å². The van der Waals surface area contributed by atoms with E-state index in [0.717, 1.165) is 23.4 Å². The molecule has 1 saturated carbocycles. The molecule has 1 fully saturated rings. The van der Waals surface area contributed by atoms with Crippen LogP contribution in [0.1, 0.15) is 71.0 Å². The number of halogens is 1. The van der Waals surface area contributed by atoms with Crippen LogP contribution in [0.25, 0.3) is 0 Å². The van der Waals surface area contributed by atoms with Crippen LogP contribution in [0, 0.1) is 11.3 Å². The van der Waals surface area contributed by atoms with Crippen molar-refractivity contribution >= 4 is 15.9 Å². The summed E-state index contributed by atoms with van der Waals surface area (Å²) in [5.74, 6) is 0.736. The zero-order chi connectivity index (χ0) is 15.5. The van der Waals surface area contributed by atoms with E-state index in [9.17, 15) is 0 Å². The molecule has 3 nitrogen and oxygen atoms in total. The van der Waals surface area contributed by atoms with Gasteiger partial charge < -0.3 is 5.32 Å². The summed E-state index contributed by atoms with van der Waals surface area (Å²) in [7, 11) is 2.11. The molecule has 1 heterocycles. The van der Waals surface area contributed by atoms with Gasteiger partial charge in [0.05, 0.1) is 22.4 Å². The average molecular weight is 356 g/mol. The lowest BCUT2D eigenvalue weighted by atomic mass is 9.71. The van der Waals surface area contributed by atoms with Crippen molar-refractivity contribution in [3.8, 4) is 0 Å². The first-order chi connectivity index (χ1) is 10.0. The van der Waals surface area contributed by atoms with E-state index in [4.69, 9.17) is 0 Å². The Labute approximate surface area is 138 Å². The monoisotopic (exact) mass is 355 g/mol. The fourth-order valence-corrected chi connectivity index (χ4v) is 4.81. The van der Waals surface area contributed by atoms with Gasteiger partial charge in [0.1, 0.15) is 0 Å². The van der Waals surface area contributed by atoms with E-state index in [2.05, 4.69) is 58.8 Å². The Bertz CT molecular complexity index is 447. The fourth-order valence-electron chi connectivity index (χ4n) is 4.28. The molecule has 1 aromatic rings. The van der Waals surface area contributed by atoms with Gasteiger partial charge in [-0.05, 0) is 60.0 Å². The van der Waals surface area contributed by atoms with E-state index < -0.39 is 0 Å². The van der Waals surface area contributed by atoms with Gasteiger partial charge in [-0.15, -0.1) is 0 Å². The molecule has 0 saturated heterocycles. The molecule has 0 spiro atoms. The highest BCUT2D eigenvalue weighted by Crippen LogP contribution is 2.52. The Morgan fingerprint density at radius 3 is 2.57 bits per heavy atom. The van der Waals surface area contributed by atoms with Crippen LogP contribution in [-0.2, 0) is 6.54 Å². The van der Waals surface area contributed by atoms with Crippen molar-refractivity contribution in [2.45, 2.75) is 71.9 Å². The number of hydrogen-bond acceptors (Lipinski definition) is 2. The first-order valence-corrected chi connectivity index (χ1v) is 9.22. The summed E-state index contributed by atoms with van der Waals surface area (Å²) in [6.07, 6.45) is 9.78. The van der Waals surface area contributed by atoms with E-state index in [1.54, 1.807) is 0 Å². The number of nitrogens with zero attached hydrogens (tertiary/aromatic N) is 2. The van der Waals surface area contributed by atoms with Gasteiger partial charge in [0.25, 0.3) is 0 Å².